The smallest absolute Gasteiger partial charge is 0.279 e. The van der Waals surface area contributed by atoms with Crippen LogP contribution in [0.1, 0.15) is 6.92 Å². The lowest BCUT2D eigenvalue weighted by molar-refractivity contribution is -0.384. The van der Waals surface area contributed by atoms with Gasteiger partial charge < -0.3 is 9.47 Å². The minimum atomic E-state index is -1.06. The molecule has 10 heteroatoms. The van der Waals surface area contributed by atoms with E-state index < -0.39 is 35.3 Å². The lowest BCUT2D eigenvalue weighted by Crippen LogP contribution is -2.48. The normalized spacial score (nSPS) is 11.2. The number of ether oxygens (including phenoxy) is 2. The van der Waals surface area contributed by atoms with Gasteiger partial charge in [-0.3, -0.25) is 30.6 Å². The molecule has 0 heterocycles. The number of hydrazine groups is 1. The molecule has 1 atom stereocenters. The summed E-state index contributed by atoms with van der Waals surface area (Å²) < 4.78 is 23.8. The Bertz CT molecular complexity index is 828. The Morgan fingerprint density at radius 1 is 1.15 bits per heavy atom. The quantitative estimate of drug-likeness (QED) is 0.560. The summed E-state index contributed by atoms with van der Waals surface area (Å²) >= 11 is 0. The summed E-state index contributed by atoms with van der Waals surface area (Å²) in [6.07, 6.45) is -1.06. The summed E-state index contributed by atoms with van der Waals surface area (Å²) in [6, 6.07) is 10.8. The zero-order valence-electron chi connectivity index (χ0n) is 14.2. The van der Waals surface area contributed by atoms with E-state index in [1.807, 2.05) is 0 Å². The van der Waals surface area contributed by atoms with Crippen LogP contribution >= 0.6 is 0 Å². The molecule has 0 aliphatic rings. The third-order valence-electron chi connectivity index (χ3n) is 3.25. The number of rotatable bonds is 7. The highest BCUT2D eigenvalue weighted by molar-refractivity contribution is 5.85. The summed E-state index contributed by atoms with van der Waals surface area (Å²) in [5, 5.41) is 10.5. The Hall–Kier alpha value is -3.69. The van der Waals surface area contributed by atoms with Crippen molar-refractivity contribution in [3.63, 3.8) is 0 Å². The van der Waals surface area contributed by atoms with Gasteiger partial charge in [0, 0.05) is 12.1 Å². The molecule has 27 heavy (non-hydrogen) atoms. The van der Waals surface area contributed by atoms with Crippen molar-refractivity contribution < 1.29 is 28.4 Å². The fourth-order valence-corrected chi connectivity index (χ4v) is 1.87. The van der Waals surface area contributed by atoms with Gasteiger partial charge in [0.05, 0.1) is 4.92 Å². The molecule has 2 rings (SSSR count). The van der Waals surface area contributed by atoms with Crippen LogP contribution in [0.15, 0.2) is 48.5 Å². The summed E-state index contributed by atoms with van der Waals surface area (Å²) in [4.78, 5) is 33.5. The largest absolute Gasteiger partial charge is 0.484 e. The minimum absolute atomic E-state index is 0.0898. The number of nitro groups is 1. The maximum atomic E-state index is 13.5. The van der Waals surface area contributed by atoms with Crippen molar-refractivity contribution in [2.45, 2.75) is 13.0 Å². The number of hydrogen-bond acceptors (Lipinski definition) is 6. The second-order valence-corrected chi connectivity index (χ2v) is 5.27. The van der Waals surface area contributed by atoms with Crippen LogP contribution in [0.5, 0.6) is 11.5 Å². The number of nitro benzene ring substituents is 1. The molecular formula is C17H16FN3O6. The molecule has 2 N–H and O–H groups in total. The van der Waals surface area contributed by atoms with E-state index in [4.69, 9.17) is 9.47 Å². The van der Waals surface area contributed by atoms with Crippen LogP contribution in [-0.2, 0) is 9.59 Å². The summed E-state index contributed by atoms with van der Waals surface area (Å²) in [5.74, 6) is -1.81. The predicted octanol–water partition coefficient (Wildman–Crippen LogP) is 1.73. The van der Waals surface area contributed by atoms with E-state index in [-0.39, 0.29) is 17.2 Å². The number of nitrogens with zero attached hydrogens (tertiary/aromatic N) is 1. The molecule has 0 saturated carbocycles. The van der Waals surface area contributed by atoms with Gasteiger partial charge in [-0.05, 0) is 31.2 Å². The fourth-order valence-electron chi connectivity index (χ4n) is 1.87. The fraction of sp³-hybridized carbons (Fsp3) is 0.176. The monoisotopic (exact) mass is 377 g/mol. The molecule has 2 aromatic rings. The molecule has 0 bridgehead atoms. The third kappa shape index (κ3) is 5.96. The van der Waals surface area contributed by atoms with Crippen LogP contribution in [0.3, 0.4) is 0 Å². The second kappa shape index (κ2) is 9.13. The van der Waals surface area contributed by atoms with Gasteiger partial charge >= 0.3 is 0 Å². The Labute approximate surface area is 153 Å². The number of amides is 2. The highest BCUT2D eigenvalue weighted by Gasteiger charge is 2.17. The predicted molar refractivity (Wildman–Crippen MR) is 91.4 cm³/mol. The van der Waals surface area contributed by atoms with Crippen molar-refractivity contribution in [3.05, 3.63) is 64.5 Å². The number of benzene rings is 2. The highest BCUT2D eigenvalue weighted by Crippen LogP contribution is 2.17. The number of hydrogen-bond donors (Lipinski definition) is 2. The molecule has 142 valence electrons. The molecule has 0 spiro atoms. The number of carbonyl (C=O) groups excluding carboxylic acids is 2. The summed E-state index contributed by atoms with van der Waals surface area (Å²) in [5.41, 5.74) is 4.14. The molecule has 0 aromatic heterocycles. The van der Waals surface area contributed by atoms with Gasteiger partial charge in [-0.2, -0.15) is 0 Å². The lowest BCUT2D eigenvalue weighted by atomic mass is 10.3. The van der Waals surface area contributed by atoms with Crippen molar-refractivity contribution >= 4 is 17.5 Å². The number of carbonyl (C=O) groups is 2. The Morgan fingerprint density at radius 2 is 1.81 bits per heavy atom. The van der Waals surface area contributed by atoms with Gasteiger partial charge in [0.15, 0.2) is 24.3 Å². The number of para-hydroxylation sites is 1. The van der Waals surface area contributed by atoms with Gasteiger partial charge in [0.1, 0.15) is 5.75 Å². The van der Waals surface area contributed by atoms with Crippen molar-refractivity contribution in [1.29, 1.82) is 0 Å². The van der Waals surface area contributed by atoms with E-state index >= 15 is 0 Å². The average Bonchev–Trinajstić information content (AvgIpc) is 2.66. The van der Waals surface area contributed by atoms with Gasteiger partial charge in [0.2, 0.25) is 0 Å². The van der Waals surface area contributed by atoms with Crippen LogP contribution in [0.4, 0.5) is 10.1 Å². The van der Waals surface area contributed by atoms with Crippen LogP contribution in [0.2, 0.25) is 0 Å². The van der Waals surface area contributed by atoms with Crippen molar-refractivity contribution in [1.82, 2.24) is 10.9 Å². The van der Waals surface area contributed by atoms with Crippen molar-refractivity contribution in [2.75, 3.05) is 6.61 Å². The minimum Gasteiger partial charge on any atom is -0.484 e. The Morgan fingerprint density at radius 3 is 2.44 bits per heavy atom. The zero-order chi connectivity index (χ0) is 19.8. The van der Waals surface area contributed by atoms with Crippen molar-refractivity contribution in [2.24, 2.45) is 0 Å². The third-order valence-corrected chi connectivity index (χ3v) is 3.25. The zero-order valence-corrected chi connectivity index (χ0v) is 14.2. The number of non-ortho nitro benzene ring substituents is 1. The molecule has 9 nitrogen and oxygen atoms in total. The van der Waals surface area contributed by atoms with Gasteiger partial charge in [0.25, 0.3) is 17.5 Å². The van der Waals surface area contributed by atoms with Gasteiger partial charge in [-0.25, -0.2) is 4.39 Å². The second-order valence-electron chi connectivity index (χ2n) is 5.27. The highest BCUT2D eigenvalue weighted by atomic mass is 19.1. The standard InChI is InChI=1S/C17H16FN3O6/c1-11(27-15-5-3-2-4-14(15)18)17(23)20-19-16(22)10-26-13-8-6-12(7-9-13)21(24)25/h2-9,11H,10H2,1H3,(H,19,22)(H,20,23). The van der Waals surface area contributed by atoms with Crippen LogP contribution < -0.4 is 20.3 Å². The summed E-state index contributed by atoms with van der Waals surface area (Å²) in [7, 11) is 0. The van der Waals surface area contributed by atoms with Gasteiger partial charge in [-0.15, -0.1) is 0 Å². The molecule has 2 amide bonds. The number of nitrogens with one attached hydrogen (secondary N) is 2. The topological polar surface area (TPSA) is 120 Å². The molecule has 0 saturated heterocycles. The summed E-state index contributed by atoms with van der Waals surface area (Å²) in [6.45, 7) is 0.960. The van der Waals surface area contributed by atoms with E-state index in [1.165, 1.54) is 49.4 Å². The first kappa shape index (κ1) is 19.6. The van der Waals surface area contributed by atoms with Crippen LogP contribution in [0, 0.1) is 15.9 Å². The molecule has 0 radical (unpaired) electrons. The molecular weight excluding hydrogens is 361 g/mol. The average molecular weight is 377 g/mol. The van der Waals surface area contributed by atoms with Crippen molar-refractivity contribution in [3.8, 4) is 11.5 Å². The van der Waals surface area contributed by atoms with E-state index in [9.17, 15) is 24.1 Å². The first-order chi connectivity index (χ1) is 12.9. The van der Waals surface area contributed by atoms with Crippen LogP contribution in [-0.4, -0.2) is 29.4 Å². The molecule has 1 unspecified atom stereocenters. The van der Waals surface area contributed by atoms with E-state index in [0.29, 0.717) is 0 Å². The van der Waals surface area contributed by atoms with E-state index in [0.717, 1.165) is 0 Å². The van der Waals surface area contributed by atoms with E-state index in [1.54, 1.807) is 6.07 Å². The molecule has 0 fully saturated rings. The maximum Gasteiger partial charge on any atom is 0.279 e. The molecule has 2 aromatic carbocycles. The lowest BCUT2D eigenvalue weighted by Gasteiger charge is -2.15. The molecule has 0 aliphatic heterocycles. The van der Waals surface area contributed by atoms with E-state index in [2.05, 4.69) is 10.9 Å². The SMILES string of the molecule is CC(Oc1ccccc1F)C(=O)NNC(=O)COc1ccc([N+](=O)[O-])cc1. The molecule has 0 aliphatic carbocycles. The Kier molecular flexibility index (Phi) is 6.64. The van der Waals surface area contributed by atoms with Crippen LogP contribution in [0.25, 0.3) is 0 Å². The first-order valence-electron chi connectivity index (χ1n) is 7.74. The first-order valence-corrected chi connectivity index (χ1v) is 7.74. The van der Waals surface area contributed by atoms with Gasteiger partial charge in [-0.1, -0.05) is 12.1 Å². The Balaban J connectivity index is 1.75. The maximum absolute atomic E-state index is 13.5. The number of halogens is 1.